The minimum Gasteiger partial charge on any atom is -0.352 e. The number of anilines is 1. The molecule has 0 unspecified atom stereocenters. The van der Waals surface area contributed by atoms with Crippen LogP contribution in [0.25, 0.3) is 0 Å². The van der Waals surface area contributed by atoms with Crippen LogP contribution in [-0.4, -0.2) is 50.0 Å². The summed E-state index contributed by atoms with van der Waals surface area (Å²) in [6.07, 6.45) is 2.19. The first-order chi connectivity index (χ1) is 16.4. The quantitative estimate of drug-likeness (QED) is 0.473. The van der Waals surface area contributed by atoms with Gasteiger partial charge in [0, 0.05) is 17.6 Å². The molecule has 9 heteroatoms. The van der Waals surface area contributed by atoms with E-state index >= 15 is 0 Å². The predicted octanol–water partition coefficient (Wildman–Crippen LogP) is 4.44. The SMILES string of the molecule is CC[C@@H](C)NC(=O)[C@H](CC)N(Cc1ccccc1Cl)C(=O)CN(c1c(C)cccc1C)S(C)(=O)=O. The molecule has 0 saturated carbocycles. The molecule has 2 aromatic carbocycles. The van der Waals surface area contributed by atoms with Gasteiger partial charge in [-0.1, -0.05) is 61.8 Å². The highest BCUT2D eigenvalue weighted by molar-refractivity contribution is 7.92. The van der Waals surface area contributed by atoms with Gasteiger partial charge in [-0.3, -0.25) is 13.9 Å². The molecule has 192 valence electrons. The van der Waals surface area contributed by atoms with Gasteiger partial charge in [-0.05, 0) is 56.4 Å². The van der Waals surface area contributed by atoms with Crippen LogP contribution in [0.1, 0.15) is 50.3 Å². The Morgan fingerprint density at radius 2 is 1.60 bits per heavy atom. The smallest absolute Gasteiger partial charge is 0.244 e. The zero-order valence-corrected chi connectivity index (χ0v) is 22.9. The number of hydrogen-bond donors (Lipinski definition) is 1. The van der Waals surface area contributed by atoms with Crippen molar-refractivity contribution in [2.24, 2.45) is 0 Å². The molecular weight excluding hydrogens is 486 g/mol. The van der Waals surface area contributed by atoms with Gasteiger partial charge in [0.25, 0.3) is 0 Å². The van der Waals surface area contributed by atoms with Gasteiger partial charge in [-0.25, -0.2) is 8.42 Å². The van der Waals surface area contributed by atoms with Gasteiger partial charge in [0.15, 0.2) is 0 Å². The third-order valence-corrected chi connectivity index (χ3v) is 7.53. The lowest BCUT2D eigenvalue weighted by Gasteiger charge is -2.34. The largest absolute Gasteiger partial charge is 0.352 e. The van der Waals surface area contributed by atoms with E-state index in [0.717, 1.165) is 28.1 Å². The van der Waals surface area contributed by atoms with Crippen molar-refractivity contribution in [3.63, 3.8) is 0 Å². The summed E-state index contributed by atoms with van der Waals surface area (Å²) in [5, 5.41) is 3.42. The van der Waals surface area contributed by atoms with E-state index in [9.17, 15) is 18.0 Å². The number of rotatable bonds is 11. The summed E-state index contributed by atoms with van der Waals surface area (Å²) in [4.78, 5) is 28.4. The van der Waals surface area contributed by atoms with Crippen LogP contribution >= 0.6 is 11.6 Å². The Hall–Kier alpha value is -2.58. The lowest BCUT2D eigenvalue weighted by atomic mass is 10.1. The van der Waals surface area contributed by atoms with Crippen molar-refractivity contribution >= 4 is 39.1 Å². The molecule has 0 fully saturated rings. The first-order valence-corrected chi connectivity index (χ1v) is 14.0. The topological polar surface area (TPSA) is 86.8 Å². The lowest BCUT2D eigenvalue weighted by molar-refractivity contribution is -0.140. The maximum atomic E-state index is 13.8. The van der Waals surface area contributed by atoms with Crippen LogP contribution in [-0.2, 0) is 26.2 Å². The molecule has 0 aliphatic heterocycles. The van der Waals surface area contributed by atoms with E-state index in [4.69, 9.17) is 11.6 Å². The number of para-hydroxylation sites is 1. The fraction of sp³-hybridized carbons (Fsp3) is 0.462. The molecule has 0 spiro atoms. The van der Waals surface area contributed by atoms with E-state index < -0.39 is 28.5 Å². The van der Waals surface area contributed by atoms with Crippen LogP contribution in [0.3, 0.4) is 0 Å². The van der Waals surface area contributed by atoms with Crippen LogP contribution in [0.15, 0.2) is 42.5 Å². The van der Waals surface area contributed by atoms with Crippen LogP contribution in [0.2, 0.25) is 5.02 Å². The molecule has 0 aliphatic rings. The van der Waals surface area contributed by atoms with Crippen LogP contribution in [0, 0.1) is 13.8 Å². The molecule has 2 amide bonds. The summed E-state index contributed by atoms with van der Waals surface area (Å²) in [5.41, 5.74) is 2.62. The Labute approximate surface area is 214 Å². The minimum absolute atomic E-state index is 0.0593. The average molecular weight is 522 g/mol. The number of aryl methyl sites for hydroxylation is 2. The number of amides is 2. The molecular formula is C26H36ClN3O4S. The first-order valence-electron chi connectivity index (χ1n) is 11.8. The molecule has 0 bridgehead atoms. The number of benzene rings is 2. The minimum atomic E-state index is -3.79. The van der Waals surface area contributed by atoms with E-state index in [-0.39, 0.29) is 18.5 Å². The Balaban J connectivity index is 2.51. The number of halogens is 1. The zero-order valence-electron chi connectivity index (χ0n) is 21.3. The summed E-state index contributed by atoms with van der Waals surface area (Å²) < 4.78 is 26.8. The lowest BCUT2D eigenvalue weighted by Crippen LogP contribution is -2.53. The summed E-state index contributed by atoms with van der Waals surface area (Å²) in [5.74, 6) is -0.760. The Morgan fingerprint density at radius 3 is 2.11 bits per heavy atom. The van der Waals surface area contributed by atoms with Crippen molar-refractivity contribution < 1.29 is 18.0 Å². The molecule has 0 saturated heterocycles. The molecule has 35 heavy (non-hydrogen) atoms. The van der Waals surface area contributed by atoms with Crippen LogP contribution in [0.5, 0.6) is 0 Å². The molecule has 0 aromatic heterocycles. The Bertz CT molecular complexity index is 1130. The number of hydrogen-bond acceptors (Lipinski definition) is 4. The second-order valence-electron chi connectivity index (χ2n) is 8.87. The molecule has 2 aromatic rings. The standard InChI is InChI=1S/C26H36ClN3O4S/c1-7-20(5)28-26(32)23(8-2)29(16-21-14-9-10-15-22(21)27)24(31)17-30(35(6,33)34)25-18(3)12-11-13-19(25)4/h9-15,20,23H,7-8,16-17H2,1-6H3,(H,28,32)/t20-,23+/m1/s1. The second kappa shape index (κ2) is 12.4. The fourth-order valence-electron chi connectivity index (χ4n) is 3.95. The van der Waals surface area contributed by atoms with Gasteiger partial charge in [0.1, 0.15) is 12.6 Å². The van der Waals surface area contributed by atoms with Gasteiger partial charge >= 0.3 is 0 Å². The first kappa shape index (κ1) is 28.7. The predicted molar refractivity (Wildman–Crippen MR) is 142 cm³/mol. The highest BCUT2D eigenvalue weighted by Crippen LogP contribution is 2.27. The van der Waals surface area contributed by atoms with Crippen molar-refractivity contribution in [2.75, 3.05) is 17.1 Å². The molecule has 1 N–H and O–H groups in total. The van der Waals surface area contributed by atoms with Crippen molar-refractivity contribution in [3.05, 3.63) is 64.2 Å². The van der Waals surface area contributed by atoms with Crippen molar-refractivity contribution in [3.8, 4) is 0 Å². The van der Waals surface area contributed by atoms with E-state index in [0.29, 0.717) is 22.7 Å². The number of nitrogens with one attached hydrogen (secondary N) is 1. The van der Waals surface area contributed by atoms with Gasteiger partial charge in [0.2, 0.25) is 21.8 Å². The molecule has 0 radical (unpaired) electrons. The third-order valence-electron chi connectivity index (χ3n) is 6.05. The maximum Gasteiger partial charge on any atom is 0.244 e. The van der Waals surface area contributed by atoms with Gasteiger partial charge < -0.3 is 10.2 Å². The summed E-state index contributed by atoms with van der Waals surface area (Å²) >= 11 is 6.38. The van der Waals surface area contributed by atoms with E-state index in [1.807, 2.05) is 32.9 Å². The van der Waals surface area contributed by atoms with E-state index in [1.165, 1.54) is 4.90 Å². The number of carbonyl (C=O) groups is 2. The molecule has 0 heterocycles. The van der Waals surface area contributed by atoms with Gasteiger partial charge in [0.05, 0.1) is 11.9 Å². The number of carbonyl (C=O) groups excluding carboxylic acids is 2. The highest BCUT2D eigenvalue weighted by Gasteiger charge is 2.33. The molecule has 2 atom stereocenters. The summed E-state index contributed by atoms with van der Waals surface area (Å²) in [7, 11) is -3.79. The maximum absolute atomic E-state index is 13.8. The van der Waals surface area contributed by atoms with Crippen LogP contribution in [0.4, 0.5) is 5.69 Å². The molecule has 0 aliphatic carbocycles. The fourth-order valence-corrected chi connectivity index (χ4v) is 5.11. The normalized spacial score (nSPS) is 13.1. The van der Waals surface area contributed by atoms with Crippen molar-refractivity contribution in [1.82, 2.24) is 10.2 Å². The monoisotopic (exact) mass is 521 g/mol. The zero-order chi connectivity index (χ0) is 26.3. The highest BCUT2D eigenvalue weighted by atomic mass is 35.5. The Kier molecular flexibility index (Phi) is 10.2. The Morgan fingerprint density at radius 1 is 1.00 bits per heavy atom. The van der Waals surface area contributed by atoms with Crippen molar-refractivity contribution in [2.45, 2.75) is 66.1 Å². The molecule has 7 nitrogen and oxygen atoms in total. The van der Waals surface area contributed by atoms with Gasteiger partial charge in [-0.15, -0.1) is 0 Å². The number of sulfonamides is 1. The summed E-state index contributed by atoms with van der Waals surface area (Å²) in [6, 6.07) is 11.7. The average Bonchev–Trinajstić information content (AvgIpc) is 2.78. The third kappa shape index (κ3) is 7.45. The van der Waals surface area contributed by atoms with E-state index in [2.05, 4.69) is 5.32 Å². The molecule has 2 rings (SSSR count). The van der Waals surface area contributed by atoms with E-state index in [1.54, 1.807) is 44.2 Å². The van der Waals surface area contributed by atoms with Gasteiger partial charge in [-0.2, -0.15) is 0 Å². The van der Waals surface area contributed by atoms with Crippen LogP contribution < -0.4 is 9.62 Å². The summed E-state index contributed by atoms with van der Waals surface area (Å²) in [6.45, 7) is 8.96. The van der Waals surface area contributed by atoms with Crippen molar-refractivity contribution in [1.29, 1.82) is 0 Å². The number of nitrogens with zero attached hydrogens (tertiary/aromatic N) is 2. The second-order valence-corrected chi connectivity index (χ2v) is 11.2.